The normalized spacial score (nSPS) is 12.4. The maximum absolute atomic E-state index is 12.0. The molecule has 1 aromatic rings. The van der Waals surface area contributed by atoms with Crippen molar-refractivity contribution in [3.8, 4) is 5.75 Å². The standard InChI is InChI=1S/C15H22O4/c1-4-5-6-10(2)7-8-12(16)14-13(17)9-11(3)19-15(14)18/h9-10,17H,4-8H2,1-3H3. The Morgan fingerprint density at radius 3 is 2.68 bits per heavy atom. The molecule has 1 heterocycles. The van der Waals surface area contributed by atoms with E-state index >= 15 is 0 Å². The molecule has 0 fully saturated rings. The molecule has 4 heteroatoms. The highest BCUT2D eigenvalue weighted by atomic mass is 16.4. The zero-order valence-corrected chi connectivity index (χ0v) is 11.9. The van der Waals surface area contributed by atoms with Crippen LogP contribution in [-0.4, -0.2) is 10.9 Å². The van der Waals surface area contributed by atoms with E-state index in [1.807, 2.05) is 0 Å². The van der Waals surface area contributed by atoms with Crippen molar-refractivity contribution >= 4 is 5.78 Å². The Morgan fingerprint density at radius 2 is 2.11 bits per heavy atom. The van der Waals surface area contributed by atoms with E-state index in [1.54, 1.807) is 6.92 Å². The van der Waals surface area contributed by atoms with Crippen molar-refractivity contribution in [2.45, 2.75) is 52.9 Å². The number of Topliss-reactive ketones (excluding diaryl/α,β-unsaturated/α-hetero) is 1. The average molecular weight is 266 g/mol. The molecule has 0 amide bonds. The second-order valence-electron chi connectivity index (χ2n) is 5.11. The van der Waals surface area contributed by atoms with Crippen LogP contribution in [0, 0.1) is 12.8 Å². The molecule has 1 N–H and O–H groups in total. The van der Waals surface area contributed by atoms with Crippen LogP contribution in [0.25, 0.3) is 0 Å². The van der Waals surface area contributed by atoms with Crippen LogP contribution in [-0.2, 0) is 0 Å². The number of unbranched alkanes of at least 4 members (excludes halogenated alkanes) is 1. The fourth-order valence-corrected chi connectivity index (χ4v) is 2.05. The van der Waals surface area contributed by atoms with Gasteiger partial charge in [-0.05, 0) is 19.3 Å². The molecule has 4 nitrogen and oxygen atoms in total. The lowest BCUT2D eigenvalue weighted by molar-refractivity contribution is 0.0966. The van der Waals surface area contributed by atoms with Crippen LogP contribution >= 0.6 is 0 Å². The Kier molecular flexibility index (Phi) is 5.80. The van der Waals surface area contributed by atoms with Crippen molar-refractivity contribution in [2.24, 2.45) is 5.92 Å². The van der Waals surface area contributed by atoms with E-state index in [0.29, 0.717) is 11.7 Å². The van der Waals surface area contributed by atoms with E-state index in [1.165, 1.54) is 6.07 Å². The van der Waals surface area contributed by atoms with E-state index in [0.717, 1.165) is 25.7 Å². The summed E-state index contributed by atoms with van der Waals surface area (Å²) in [5, 5.41) is 9.67. The summed E-state index contributed by atoms with van der Waals surface area (Å²) in [6.45, 7) is 5.79. The Balaban J connectivity index is 2.67. The van der Waals surface area contributed by atoms with Gasteiger partial charge in [0, 0.05) is 12.5 Å². The summed E-state index contributed by atoms with van der Waals surface area (Å²) < 4.78 is 4.85. The molecule has 1 atom stereocenters. The number of hydrogen-bond donors (Lipinski definition) is 1. The number of carbonyl (C=O) groups is 1. The van der Waals surface area contributed by atoms with E-state index in [-0.39, 0.29) is 23.5 Å². The lowest BCUT2D eigenvalue weighted by atomic mass is 9.96. The van der Waals surface area contributed by atoms with Gasteiger partial charge in [0.05, 0.1) is 0 Å². The maximum Gasteiger partial charge on any atom is 0.350 e. The van der Waals surface area contributed by atoms with Crippen molar-refractivity contribution in [3.05, 3.63) is 27.8 Å². The minimum Gasteiger partial charge on any atom is -0.507 e. The van der Waals surface area contributed by atoms with Crippen LogP contribution in [0.5, 0.6) is 5.75 Å². The third kappa shape index (κ3) is 4.54. The Hall–Kier alpha value is -1.58. The molecule has 0 radical (unpaired) electrons. The van der Waals surface area contributed by atoms with Gasteiger partial charge in [0.15, 0.2) is 5.78 Å². The van der Waals surface area contributed by atoms with Gasteiger partial charge >= 0.3 is 5.63 Å². The molecule has 0 aromatic carbocycles. The zero-order chi connectivity index (χ0) is 14.4. The number of carbonyl (C=O) groups excluding carboxylic acids is 1. The van der Waals surface area contributed by atoms with Gasteiger partial charge in [-0.3, -0.25) is 4.79 Å². The van der Waals surface area contributed by atoms with Gasteiger partial charge in [-0.1, -0.05) is 33.1 Å². The van der Waals surface area contributed by atoms with E-state index in [2.05, 4.69) is 13.8 Å². The molecular formula is C15H22O4. The first-order valence-electron chi connectivity index (χ1n) is 6.82. The van der Waals surface area contributed by atoms with Gasteiger partial charge in [-0.2, -0.15) is 0 Å². The fourth-order valence-electron chi connectivity index (χ4n) is 2.05. The van der Waals surface area contributed by atoms with Gasteiger partial charge < -0.3 is 9.52 Å². The van der Waals surface area contributed by atoms with Gasteiger partial charge in [0.2, 0.25) is 0 Å². The van der Waals surface area contributed by atoms with Crippen LogP contribution in [0.3, 0.4) is 0 Å². The first-order chi connectivity index (χ1) is 8.95. The quantitative estimate of drug-likeness (QED) is 0.767. The Labute approximate surface area is 113 Å². The summed E-state index contributed by atoms with van der Waals surface area (Å²) in [6.07, 6.45) is 4.37. The molecule has 106 valence electrons. The first kappa shape index (κ1) is 15.5. The average Bonchev–Trinajstić information content (AvgIpc) is 2.32. The number of aromatic hydroxyl groups is 1. The van der Waals surface area contributed by atoms with Crippen LogP contribution in [0.1, 0.15) is 62.1 Å². The number of aryl methyl sites for hydroxylation is 1. The predicted octanol–water partition coefficient (Wildman–Crippen LogP) is 3.44. The zero-order valence-electron chi connectivity index (χ0n) is 11.9. The third-order valence-corrected chi connectivity index (χ3v) is 3.25. The molecule has 1 unspecified atom stereocenters. The highest BCUT2D eigenvalue weighted by Crippen LogP contribution is 2.20. The summed E-state index contributed by atoms with van der Waals surface area (Å²) in [4.78, 5) is 23.5. The van der Waals surface area contributed by atoms with Crippen molar-refractivity contribution in [1.82, 2.24) is 0 Å². The molecular weight excluding hydrogens is 244 g/mol. The second-order valence-corrected chi connectivity index (χ2v) is 5.11. The van der Waals surface area contributed by atoms with Gasteiger partial charge in [0.1, 0.15) is 17.1 Å². The molecule has 0 aliphatic rings. The lowest BCUT2D eigenvalue weighted by Crippen LogP contribution is -2.15. The van der Waals surface area contributed by atoms with Crippen LogP contribution < -0.4 is 5.63 Å². The molecule has 0 aliphatic heterocycles. The highest BCUT2D eigenvalue weighted by molar-refractivity contribution is 5.97. The molecule has 1 rings (SSSR count). The summed E-state index contributed by atoms with van der Waals surface area (Å²) >= 11 is 0. The molecule has 0 saturated heterocycles. The monoisotopic (exact) mass is 266 g/mol. The predicted molar refractivity (Wildman–Crippen MR) is 73.6 cm³/mol. The Morgan fingerprint density at radius 1 is 1.42 bits per heavy atom. The van der Waals surface area contributed by atoms with Crippen LogP contribution in [0.15, 0.2) is 15.3 Å². The van der Waals surface area contributed by atoms with Crippen LogP contribution in [0.2, 0.25) is 0 Å². The number of ketones is 1. The highest BCUT2D eigenvalue weighted by Gasteiger charge is 2.18. The molecule has 19 heavy (non-hydrogen) atoms. The maximum atomic E-state index is 12.0. The molecule has 1 aromatic heterocycles. The van der Waals surface area contributed by atoms with Gasteiger partial charge in [-0.15, -0.1) is 0 Å². The summed E-state index contributed by atoms with van der Waals surface area (Å²) in [7, 11) is 0. The molecule has 0 bridgehead atoms. The molecule has 0 aliphatic carbocycles. The topological polar surface area (TPSA) is 67.5 Å². The number of rotatable bonds is 7. The van der Waals surface area contributed by atoms with E-state index < -0.39 is 5.63 Å². The van der Waals surface area contributed by atoms with Crippen LogP contribution in [0.4, 0.5) is 0 Å². The van der Waals surface area contributed by atoms with Gasteiger partial charge in [0.25, 0.3) is 0 Å². The fraction of sp³-hybridized carbons (Fsp3) is 0.600. The first-order valence-corrected chi connectivity index (χ1v) is 6.82. The van der Waals surface area contributed by atoms with E-state index in [4.69, 9.17) is 4.42 Å². The SMILES string of the molecule is CCCCC(C)CCC(=O)c1c(O)cc(C)oc1=O. The minimum absolute atomic E-state index is 0.215. The van der Waals surface area contributed by atoms with Crippen molar-refractivity contribution < 1.29 is 14.3 Å². The number of hydrogen-bond acceptors (Lipinski definition) is 4. The third-order valence-electron chi connectivity index (χ3n) is 3.25. The smallest absolute Gasteiger partial charge is 0.350 e. The summed E-state index contributed by atoms with van der Waals surface area (Å²) in [5.41, 5.74) is -0.961. The lowest BCUT2D eigenvalue weighted by Gasteiger charge is -2.09. The second kappa shape index (κ2) is 7.12. The minimum atomic E-state index is -0.747. The largest absolute Gasteiger partial charge is 0.507 e. The summed E-state index contributed by atoms with van der Waals surface area (Å²) in [5.74, 6) is 0.133. The van der Waals surface area contributed by atoms with E-state index in [9.17, 15) is 14.7 Å². The van der Waals surface area contributed by atoms with Crippen molar-refractivity contribution in [1.29, 1.82) is 0 Å². The van der Waals surface area contributed by atoms with Crippen molar-refractivity contribution in [3.63, 3.8) is 0 Å². The van der Waals surface area contributed by atoms with Crippen molar-refractivity contribution in [2.75, 3.05) is 0 Å². The molecule has 0 spiro atoms. The summed E-state index contributed by atoms with van der Waals surface area (Å²) in [6, 6.07) is 1.30. The molecule has 0 saturated carbocycles. The Bertz CT molecular complexity index is 487. The van der Waals surface area contributed by atoms with Gasteiger partial charge in [-0.25, -0.2) is 4.79 Å².